The SMILES string of the molecule is CCCNC(=O)[C@@H](C)N(Cc1ccccc1C)C(=O)CSCc1c(Cl)cccc1Cl. The summed E-state index contributed by atoms with van der Waals surface area (Å²) in [6.07, 6.45) is 0.846. The third-order valence-corrected chi connectivity index (χ3v) is 6.50. The highest BCUT2D eigenvalue weighted by Crippen LogP contribution is 2.28. The van der Waals surface area contributed by atoms with E-state index in [1.807, 2.05) is 38.1 Å². The number of carbonyl (C=O) groups is 2. The summed E-state index contributed by atoms with van der Waals surface area (Å²) in [6, 6.07) is 12.7. The van der Waals surface area contributed by atoms with Crippen LogP contribution in [-0.2, 0) is 21.9 Å². The number of aryl methyl sites for hydroxylation is 1. The number of halogens is 2. The van der Waals surface area contributed by atoms with E-state index in [9.17, 15) is 9.59 Å². The summed E-state index contributed by atoms with van der Waals surface area (Å²) >= 11 is 13.9. The van der Waals surface area contributed by atoms with E-state index in [0.29, 0.717) is 28.9 Å². The van der Waals surface area contributed by atoms with Crippen LogP contribution in [-0.4, -0.2) is 35.1 Å². The third-order valence-electron chi connectivity index (χ3n) is 4.85. The zero-order valence-electron chi connectivity index (χ0n) is 17.6. The highest BCUT2D eigenvalue weighted by Gasteiger charge is 2.26. The lowest BCUT2D eigenvalue weighted by Gasteiger charge is -2.29. The summed E-state index contributed by atoms with van der Waals surface area (Å²) in [5.74, 6) is 0.529. The Kier molecular flexibility index (Phi) is 10.0. The van der Waals surface area contributed by atoms with E-state index < -0.39 is 6.04 Å². The van der Waals surface area contributed by atoms with Crippen LogP contribution in [0.3, 0.4) is 0 Å². The molecule has 0 spiro atoms. The first-order chi connectivity index (χ1) is 14.3. The molecule has 0 radical (unpaired) electrons. The number of nitrogens with zero attached hydrogens (tertiary/aromatic N) is 1. The predicted octanol–water partition coefficient (Wildman–Crippen LogP) is 5.48. The third kappa shape index (κ3) is 6.93. The number of thioether (sulfide) groups is 1. The average Bonchev–Trinajstić information content (AvgIpc) is 2.72. The molecule has 2 aromatic carbocycles. The van der Waals surface area contributed by atoms with Crippen LogP contribution < -0.4 is 5.32 Å². The van der Waals surface area contributed by atoms with Gasteiger partial charge in [0.25, 0.3) is 0 Å². The molecular weight excluding hydrogens is 439 g/mol. The summed E-state index contributed by atoms with van der Waals surface area (Å²) < 4.78 is 0. The highest BCUT2D eigenvalue weighted by atomic mass is 35.5. The molecule has 2 rings (SSSR count). The summed E-state index contributed by atoms with van der Waals surface area (Å²) in [6.45, 7) is 6.76. The fraction of sp³-hybridized carbons (Fsp3) is 0.391. The van der Waals surface area contributed by atoms with Gasteiger partial charge in [-0.3, -0.25) is 9.59 Å². The second kappa shape index (κ2) is 12.2. The predicted molar refractivity (Wildman–Crippen MR) is 127 cm³/mol. The van der Waals surface area contributed by atoms with Gasteiger partial charge in [0, 0.05) is 28.9 Å². The number of rotatable bonds is 10. The second-order valence-corrected chi connectivity index (χ2v) is 8.91. The van der Waals surface area contributed by atoms with E-state index in [1.165, 1.54) is 11.8 Å². The number of amides is 2. The largest absolute Gasteiger partial charge is 0.354 e. The van der Waals surface area contributed by atoms with Crippen molar-refractivity contribution in [3.05, 3.63) is 69.2 Å². The first-order valence-corrected chi connectivity index (χ1v) is 11.9. The Labute approximate surface area is 193 Å². The fourth-order valence-corrected chi connectivity index (χ4v) is 4.59. The summed E-state index contributed by atoms with van der Waals surface area (Å²) in [5, 5.41) is 4.07. The van der Waals surface area contributed by atoms with Crippen LogP contribution in [0.15, 0.2) is 42.5 Å². The molecule has 0 aromatic heterocycles. The van der Waals surface area contributed by atoms with Gasteiger partial charge in [-0.1, -0.05) is 60.5 Å². The Hall–Kier alpha value is -1.69. The molecule has 0 bridgehead atoms. The minimum atomic E-state index is -0.562. The van der Waals surface area contributed by atoms with E-state index in [4.69, 9.17) is 23.2 Å². The van der Waals surface area contributed by atoms with Crippen molar-refractivity contribution in [2.75, 3.05) is 12.3 Å². The maximum absolute atomic E-state index is 13.1. The number of hydrogen-bond donors (Lipinski definition) is 1. The molecule has 0 aliphatic heterocycles. The van der Waals surface area contributed by atoms with Crippen molar-refractivity contribution in [1.29, 1.82) is 0 Å². The van der Waals surface area contributed by atoms with Crippen LogP contribution >= 0.6 is 35.0 Å². The lowest BCUT2D eigenvalue weighted by atomic mass is 10.1. The Balaban J connectivity index is 2.11. The van der Waals surface area contributed by atoms with Gasteiger partial charge in [-0.05, 0) is 49.1 Å². The lowest BCUT2D eigenvalue weighted by molar-refractivity contribution is -0.138. The second-order valence-electron chi connectivity index (χ2n) is 7.11. The van der Waals surface area contributed by atoms with Gasteiger partial charge in [-0.2, -0.15) is 0 Å². The average molecular weight is 467 g/mol. The normalized spacial score (nSPS) is 11.8. The minimum absolute atomic E-state index is 0.0921. The fourth-order valence-electron chi connectivity index (χ4n) is 2.94. The molecule has 0 unspecified atom stereocenters. The standard InChI is InChI=1S/C23H28Cl2N2O2S/c1-4-12-26-23(29)17(3)27(13-18-9-6-5-8-16(18)2)22(28)15-30-14-19-20(24)10-7-11-21(19)25/h5-11,17H,4,12-15H2,1-3H3,(H,26,29)/t17-/m1/s1. The topological polar surface area (TPSA) is 49.4 Å². The van der Waals surface area contributed by atoms with Gasteiger partial charge in [-0.25, -0.2) is 0 Å². The maximum Gasteiger partial charge on any atom is 0.242 e. The van der Waals surface area contributed by atoms with Crippen molar-refractivity contribution in [2.45, 2.75) is 45.5 Å². The van der Waals surface area contributed by atoms with Gasteiger partial charge in [0.1, 0.15) is 6.04 Å². The number of hydrogen-bond acceptors (Lipinski definition) is 3. The molecule has 0 saturated heterocycles. The van der Waals surface area contributed by atoms with Gasteiger partial charge in [0.15, 0.2) is 0 Å². The molecule has 4 nitrogen and oxygen atoms in total. The van der Waals surface area contributed by atoms with E-state index in [2.05, 4.69) is 5.32 Å². The smallest absolute Gasteiger partial charge is 0.242 e. The van der Waals surface area contributed by atoms with Crippen molar-refractivity contribution in [2.24, 2.45) is 0 Å². The van der Waals surface area contributed by atoms with E-state index in [0.717, 1.165) is 23.1 Å². The van der Waals surface area contributed by atoms with Crippen molar-refractivity contribution in [3.63, 3.8) is 0 Å². The summed E-state index contributed by atoms with van der Waals surface area (Å²) in [4.78, 5) is 27.3. The zero-order valence-corrected chi connectivity index (χ0v) is 19.9. The van der Waals surface area contributed by atoms with Gasteiger partial charge < -0.3 is 10.2 Å². The Morgan fingerprint density at radius 3 is 2.40 bits per heavy atom. The molecule has 2 aromatic rings. The molecule has 162 valence electrons. The molecule has 0 aliphatic carbocycles. The van der Waals surface area contributed by atoms with Gasteiger partial charge in [0.05, 0.1) is 5.75 Å². The van der Waals surface area contributed by atoms with Crippen LogP contribution in [0.5, 0.6) is 0 Å². The molecule has 30 heavy (non-hydrogen) atoms. The van der Waals surface area contributed by atoms with Crippen molar-refractivity contribution in [3.8, 4) is 0 Å². The Morgan fingerprint density at radius 2 is 1.77 bits per heavy atom. The number of carbonyl (C=O) groups excluding carboxylic acids is 2. The van der Waals surface area contributed by atoms with Gasteiger partial charge >= 0.3 is 0 Å². The number of benzene rings is 2. The van der Waals surface area contributed by atoms with Crippen LogP contribution in [0.2, 0.25) is 10.0 Å². The summed E-state index contributed by atoms with van der Waals surface area (Å²) in [5.41, 5.74) is 2.94. The molecule has 2 amide bonds. The molecule has 0 fully saturated rings. The van der Waals surface area contributed by atoms with E-state index in [-0.39, 0.29) is 17.6 Å². The first kappa shape index (κ1) is 24.6. The Morgan fingerprint density at radius 1 is 1.10 bits per heavy atom. The number of nitrogens with one attached hydrogen (secondary N) is 1. The van der Waals surface area contributed by atoms with Crippen molar-refractivity contribution in [1.82, 2.24) is 10.2 Å². The molecule has 7 heteroatoms. The van der Waals surface area contributed by atoms with Gasteiger partial charge in [-0.15, -0.1) is 11.8 Å². The lowest BCUT2D eigenvalue weighted by Crippen LogP contribution is -2.48. The quantitative estimate of drug-likeness (QED) is 0.504. The minimum Gasteiger partial charge on any atom is -0.354 e. The summed E-state index contributed by atoms with van der Waals surface area (Å²) in [7, 11) is 0. The van der Waals surface area contributed by atoms with Gasteiger partial charge in [0.2, 0.25) is 11.8 Å². The van der Waals surface area contributed by atoms with Crippen LogP contribution in [0.25, 0.3) is 0 Å². The van der Waals surface area contributed by atoms with Crippen molar-refractivity contribution >= 4 is 46.8 Å². The molecule has 0 aliphatic rings. The molecule has 1 atom stereocenters. The van der Waals surface area contributed by atoms with E-state index in [1.54, 1.807) is 30.0 Å². The monoisotopic (exact) mass is 466 g/mol. The molecular formula is C23H28Cl2N2O2S. The molecule has 1 N–H and O–H groups in total. The highest BCUT2D eigenvalue weighted by molar-refractivity contribution is 7.99. The van der Waals surface area contributed by atoms with Crippen LogP contribution in [0.1, 0.15) is 37.0 Å². The molecule has 0 saturated carbocycles. The molecule has 0 heterocycles. The van der Waals surface area contributed by atoms with Crippen LogP contribution in [0, 0.1) is 6.92 Å². The van der Waals surface area contributed by atoms with Crippen molar-refractivity contribution < 1.29 is 9.59 Å². The first-order valence-electron chi connectivity index (χ1n) is 9.97. The zero-order chi connectivity index (χ0) is 22.1. The maximum atomic E-state index is 13.1. The van der Waals surface area contributed by atoms with E-state index >= 15 is 0 Å². The van der Waals surface area contributed by atoms with Crippen LogP contribution in [0.4, 0.5) is 0 Å². The Bertz CT molecular complexity index is 856.